The lowest BCUT2D eigenvalue weighted by molar-refractivity contribution is 0.414. The summed E-state index contributed by atoms with van der Waals surface area (Å²) in [5.41, 5.74) is 6.24. The van der Waals surface area contributed by atoms with Crippen LogP contribution in [0.15, 0.2) is 40.5 Å². The molecule has 0 aromatic carbocycles. The monoisotopic (exact) mass is 395 g/mol. The molecule has 0 spiro atoms. The molecule has 0 amide bonds. The first-order valence-electron chi connectivity index (χ1n) is 6.37. The minimum atomic E-state index is -1.20. The van der Waals surface area contributed by atoms with E-state index in [2.05, 4.69) is 37.3 Å². The molecule has 0 radical (unpaired) electrons. The average Bonchev–Trinajstić information content (AvgIpc) is 3.02. The van der Waals surface area contributed by atoms with Crippen LogP contribution in [0.25, 0.3) is 5.70 Å². The smallest absolute Gasteiger partial charge is 0.168 e. The summed E-state index contributed by atoms with van der Waals surface area (Å²) in [6.45, 7) is 0. The predicted octanol–water partition coefficient (Wildman–Crippen LogP) is 2.95. The Bertz CT molecular complexity index is 772. The number of hydrogen-bond acceptors (Lipinski definition) is 6. The van der Waals surface area contributed by atoms with Crippen molar-refractivity contribution in [2.75, 3.05) is 0 Å². The summed E-state index contributed by atoms with van der Waals surface area (Å²) in [5.74, 6) is 0. The Morgan fingerprint density at radius 1 is 1.45 bits per heavy atom. The summed E-state index contributed by atoms with van der Waals surface area (Å²) < 4.78 is 0.786. The summed E-state index contributed by atoms with van der Waals surface area (Å²) in [5, 5.41) is 15.2. The van der Waals surface area contributed by atoms with Gasteiger partial charge in [-0.05, 0) is 34.1 Å². The van der Waals surface area contributed by atoms with Gasteiger partial charge in [-0.2, -0.15) is 5.26 Å². The summed E-state index contributed by atoms with van der Waals surface area (Å²) in [6, 6.07) is 5.80. The largest absolute Gasteiger partial charge is 0.359 e. The van der Waals surface area contributed by atoms with E-state index in [9.17, 15) is 5.26 Å². The minimum absolute atomic E-state index is 0.208. The molecule has 2 aromatic rings. The van der Waals surface area contributed by atoms with Crippen LogP contribution in [0.1, 0.15) is 17.1 Å². The van der Waals surface area contributed by atoms with Crippen LogP contribution < -0.4 is 11.1 Å². The number of pyridine rings is 1. The lowest BCUT2D eigenvalue weighted by atomic mass is 9.88. The number of halogens is 2. The molecule has 3 heterocycles. The van der Waals surface area contributed by atoms with Gasteiger partial charge in [-0.3, -0.25) is 4.98 Å². The fourth-order valence-corrected chi connectivity index (χ4v) is 3.99. The molecule has 0 aliphatic carbocycles. The Labute approximate surface area is 145 Å². The van der Waals surface area contributed by atoms with Crippen LogP contribution in [0.3, 0.4) is 0 Å². The topological polar surface area (TPSA) is 87.6 Å². The molecule has 112 valence electrons. The maximum absolute atomic E-state index is 9.46. The second kappa shape index (κ2) is 5.63. The number of aromatic nitrogens is 2. The molecule has 2 unspecified atom stereocenters. The van der Waals surface area contributed by atoms with Crippen LogP contribution >= 0.6 is 38.9 Å². The molecule has 8 heteroatoms. The highest BCUT2D eigenvalue weighted by atomic mass is 79.9. The average molecular weight is 397 g/mol. The van der Waals surface area contributed by atoms with Crippen molar-refractivity contribution >= 4 is 44.6 Å². The van der Waals surface area contributed by atoms with Gasteiger partial charge in [0.1, 0.15) is 16.2 Å². The van der Waals surface area contributed by atoms with Gasteiger partial charge >= 0.3 is 0 Å². The van der Waals surface area contributed by atoms with E-state index in [4.69, 9.17) is 17.3 Å². The molecule has 2 atom stereocenters. The number of thiazole rings is 1. The first-order chi connectivity index (χ1) is 10.5. The third-order valence-electron chi connectivity index (χ3n) is 3.26. The SMILES string of the molecule is N#CC1(N)C=C(c2ncccc2Br)NC(Cl)(c2nccs2)C1. The number of alkyl halides is 1. The van der Waals surface area contributed by atoms with Crippen molar-refractivity contribution in [3.05, 3.63) is 51.2 Å². The van der Waals surface area contributed by atoms with E-state index in [0.29, 0.717) is 16.4 Å². The number of nitriles is 1. The van der Waals surface area contributed by atoms with Crippen molar-refractivity contribution in [2.45, 2.75) is 17.0 Å². The van der Waals surface area contributed by atoms with Gasteiger partial charge in [0, 0.05) is 28.7 Å². The second-order valence-corrected chi connectivity index (χ2v) is 7.38. The highest BCUT2D eigenvalue weighted by Crippen LogP contribution is 2.41. The molecule has 0 bridgehead atoms. The van der Waals surface area contributed by atoms with Crippen molar-refractivity contribution < 1.29 is 0 Å². The van der Waals surface area contributed by atoms with Crippen LogP contribution in [0.2, 0.25) is 0 Å². The maximum atomic E-state index is 9.46. The predicted molar refractivity (Wildman–Crippen MR) is 89.8 cm³/mol. The Balaban J connectivity index is 2.11. The molecule has 1 aliphatic heterocycles. The van der Waals surface area contributed by atoms with Crippen molar-refractivity contribution in [2.24, 2.45) is 5.73 Å². The molecular weight excluding hydrogens is 386 g/mol. The third kappa shape index (κ3) is 2.75. The van der Waals surface area contributed by atoms with Gasteiger partial charge < -0.3 is 11.1 Å². The summed E-state index contributed by atoms with van der Waals surface area (Å²) >= 11 is 11.6. The van der Waals surface area contributed by atoms with Crippen molar-refractivity contribution in [1.29, 1.82) is 5.26 Å². The second-order valence-electron chi connectivity index (χ2n) is 4.98. The number of nitrogens with two attached hydrogens (primary N) is 1. The Morgan fingerprint density at radius 2 is 2.27 bits per heavy atom. The summed E-state index contributed by atoms with van der Waals surface area (Å²) in [6.07, 6.45) is 5.21. The lowest BCUT2D eigenvalue weighted by Crippen LogP contribution is -2.52. The Kier molecular flexibility index (Phi) is 3.95. The van der Waals surface area contributed by atoms with Gasteiger partial charge in [0.05, 0.1) is 11.8 Å². The molecule has 3 rings (SSSR count). The zero-order valence-electron chi connectivity index (χ0n) is 11.3. The van der Waals surface area contributed by atoms with Gasteiger partial charge in [-0.25, -0.2) is 4.98 Å². The molecule has 22 heavy (non-hydrogen) atoms. The van der Waals surface area contributed by atoms with Crippen LogP contribution in [0, 0.1) is 11.3 Å². The highest BCUT2D eigenvalue weighted by Gasteiger charge is 2.45. The molecule has 5 nitrogen and oxygen atoms in total. The first-order valence-corrected chi connectivity index (χ1v) is 8.42. The van der Waals surface area contributed by atoms with Gasteiger partial charge in [-0.1, -0.05) is 11.6 Å². The molecule has 0 fully saturated rings. The van der Waals surface area contributed by atoms with Crippen molar-refractivity contribution in [1.82, 2.24) is 15.3 Å². The number of nitrogens with zero attached hydrogens (tertiary/aromatic N) is 3. The molecular formula is C14H11BrClN5S. The Morgan fingerprint density at radius 3 is 2.91 bits per heavy atom. The van der Waals surface area contributed by atoms with Crippen LogP contribution in [0.5, 0.6) is 0 Å². The standard InChI is InChI=1S/C14H11BrClN5S/c15-9-2-1-3-19-11(9)10-6-13(18,8-17)7-14(16,21-10)12-20-4-5-22-12/h1-6,21H,7,18H2. The molecule has 3 N–H and O–H groups in total. The van der Waals surface area contributed by atoms with Gasteiger partial charge in [0.2, 0.25) is 0 Å². The van der Waals surface area contributed by atoms with E-state index >= 15 is 0 Å². The van der Waals surface area contributed by atoms with Crippen molar-refractivity contribution in [3.63, 3.8) is 0 Å². The normalized spacial score (nSPS) is 27.6. The lowest BCUT2D eigenvalue weighted by Gasteiger charge is -2.38. The fourth-order valence-electron chi connectivity index (χ4n) is 2.34. The number of hydrogen-bond donors (Lipinski definition) is 2. The molecule has 1 aliphatic rings. The molecule has 0 saturated heterocycles. The first kappa shape index (κ1) is 15.4. The quantitative estimate of drug-likeness (QED) is 0.602. The van der Waals surface area contributed by atoms with Crippen molar-refractivity contribution in [3.8, 4) is 6.07 Å². The van der Waals surface area contributed by atoms with E-state index in [1.807, 2.05) is 17.5 Å². The van der Waals surface area contributed by atoms with E-state index in [-0.39, 0.29) is 6.42 Å². The van der Waals surface area contributed by atoms with Gasteiger partial charge in [0.15, 0.2) is 5.00 Å². The van der Waals surface area contributed by atoms with E-state index in [0.717, 1.165) is 4.47 Å². The number of nitrogens with one attached hydrogen (secondary N) is 1. The van der Waals surface area contributed by atoms with Crippen LogP contribution in [-0.4, -0.2) is 15.5 Å². The van der Waals surface area contributed by atoms with Gasteiger partial charge in [-0.15, -0.1) is 11.3 Å². The van der Waals surface area contributed by atoms with Gasteiger partial charge in [0.25, 0.3) is 0 Å². The Hall–Kier alpha value is -1.46. The zero-order valence-corrected chi connectivity index (χ0v) is 14.4. The zero-order chi connectivity index (χ0) is 15.8. The summed E-state index contributed by atoms with van der Waals surface area (Å²) in [4.78, 5) is 7.55. The molecule has 0 saturated carbocycles. The minimum Gasteiger partial charge on any atom is -0.359 e. The van der Waals surface area contributed by atoms with Crippen LogP contribution in [0.4, 0.5) is 0 Å². The fraction of sp³-hybridized carbons (Fsp3) is 0.214. The number of rotatable bonds is 2. The van der Waals surface area contributed by atoms with E-state index in [1.165, 1.54) is 11.3 Å². The van der Waals surface area contributed by atoms with E-state index in [1.54, 1.807) is 18.5 Å². The van der Waals surface area contributed by atoms with Crippen LogP contribution in [-0.2, 0) is 5.00 Å². The highest BCUT2D eigenvalue weighted by molar-refractivity contribution is 9.10. The third-order valence-corrected chi connectivity index (χ3v) is 5.36. The maximum Gasteiger partial charge on any atom is 0.168 e. The molecule has 2 aromatic heterocycles. The summed E-state index contributed by atoms with van der Waals surface area (Å²) in [7, 11) is 0. The van der Waals surface area contributed by atoms with E-state index < -0.39 is 10.5 Å².